The Morgan fingerprint density at radius 2 is 2.06 bits per heavy atom. The Hall–Kier alpha value is -1.74. The number of terminal acetylenes is 1. The number of rotatable bonds is 7. The van der Waals surface area contributed by atoms with Crippen molar-refractivity contribution in [3.05, 3.63) is 0 Å². The van der Waals surface area contributed by atoms with E-state index in [9.17, 15) is 22.4 Å². The van der Waals surface area contributed by atoms with Crippen LogP contribution in [0.15, 0.2) is 0 Å². The summed E-state index contributed by atoms with van der Waals surface area (Å²) < 4.78 is 41.6. The number of hydrogen-bond acceptors (Lipinski definition) is 6. The van der Waals surface area contributed by atoms with Crippen LogP contribution in [0.2, 0.25) is 0 Å². The fourth-order valence-corrected chi connectivity index (χ4v) is 6.83. The number of carbonyl (C=O) groups is 2. The standard InChI is InChI=1S/C20H29FN4O5S/c1-3-8-24-17-5-4-15(31(28,29)23-20(12-21)6-7-20)10-16(17)18(26)25(19(24)27)11-14-9-13(2)22-30-14/h1,13-17,22-23H,4-12H2,2H3. The molecule has 0 spiro atoms. The summed E-state index contributed by atoms with van der Waals surface area (Å²) in [5.41, 5.74) is 1.85. The molecule has 2 aliphatic heterocycles. The second-order valence-corrected chi connectivity index (χ2v) is 11.2. The predicted molar refractivity (Wildman–Crippen MR) is 110 cm³/mol. The van der Waals surface area contributed by atoms with Gasteiger partial charge in [0.15, 0.2) is 0 Å². The van der Waals surface area contributed by atoms with Gasteiger partial charge in [0.1, 0.15) is 6.67 Å². The van der Waals surface area contributed by atoms with Crippen molar-refractivity contribution in [1.82, 2.24) is 20.0 Å². The first kappa shape index (κ1) is 22.5. The van der Waals surface area contributed by atoms with E-state index in [1.165, 1.54) is 4.90 Å². The van der Waals surface area contributed by atoms with Crippen LogP contribution in [0.5, 0.6) is 0 Å². The molecule has 4 rings (SSSR count). The molecule has 5 unspecified atom stereocenters. The Balaban J connectivity index is 1.53. The summed E-state index contributed by atoms with van der Waals surface area (Å²) >= 11 is 0. The molecule has 0 aromatic carbocycles. The monoisotopic (exact) mass is 456 g/mol. The van der Waals surface area contributed by atoms with Gasteiger partial charge in [0, 0.05) is 12.1 Å². The molecule has 11 heteroatoms. The Morgan fingerprint density at radius 3 is 2.65 bits per heavy atom. The number of fused-ring (bicyclic) bond motifs is 1. The summed E-state index contributed by atoms with van der Waals surface area (Å²) in [6, 6.07) is -0.785. The van der Waals surface area contributed by atoms with E-state index in [-0.39, 0.29) is 38.1 Å². The zero-order chi connectivity index (χ0) is 22.4. The highest BCUT2D eigenvalue weighted by atomic mass is 32.2. The zero-order valence-corrected chi connectivity index (χ0v) is 18.4. The van der Waals surface area contributed by atoms with Gasteiger partial charge in [-0.2, -0.15) is 5.48 Å². The minimum Gasteiger partial charge on any atom is -0.309 e. The molecule has 4 fully saturated rings. The highest BCUT2D eigenvalue weighted by Crippen LogP contribution is 2.40. The van der Waals surface area contributed by atoms with Gasteiger partial charge in [-0.3, -0.25) is 14.5 Å². The summed E-state index contributed by atoms with van der Waals surface area (Å²) in [6.07, 6.45) is 7.45. The quantitative estimate of drug-likeness (QED) is 0.541. The van der Waals surface area contributed by atoms with E-state index in [0.29, 0.717) is 25.7 Å². The molecule has 0 aromatic rings. The number of halogens is 1. The Labute approximate surface area is 182 Å². The normalized spacial score (nSPS) is 35.1. The minimum absolute atomic E-state index is 0.0462. The average Bonchev–Trinajstić information content (AvgIpc) is 3.38. The van der Waals surface area contributed by atoms with E-state index in [1.54, 1.807) is 0 Å². The van der Waals surface area contributed by atoms with E-state index in [2.05, 4.69) is 16.1 Å². The largest absolute Gasteiger partial charge is 0.327 e. The Bertz CT molecular complexity index is 886. The van der Waals surface area contributed by atoms with Crippen LogP contribution < -0.4 is 10.2 Å². The van der Waals surface area contributed by atoms with Gasteiger partial charge in [-0.25, -0.2) is 22.3 Å². The van der Waals surface area contributed by atoms with Crippen LogP contribution in [0.4, 0.5) is 9.18 Å². The van der Waals surface area contributed by atoms with Gasteiger partial charge in [-0.1, -0.05) is 5.92 Å². The molecule has 2 aliphatic carbocycles. The van der Waals surface area contributed by atoms with Crippen molar-refractivity contribution in [3.8, 4) is 12.3 Å². The molecule has 172 valence electrons. The second kappa shape index (κ2) is 8.31. The van der Waals surface area contributed by atoms with Gasteiger partial charge < -0.3 is 4.90 Å². The molecule has 0 bridgehead atoms. The second-order valence-electron chi connectivity index (χ2n) is 9.23. The van der Waals surface area contributed by atoms with Crippen molar-refractivity contribution in [2.45, 2.75) is 74.4 Å². The lowest BCUT2D eigenvalue weighted by atomic mass is 9.80. The molecular weight excluding hydrogens is 427 g/mol. The molecule has 2 heterocycles. The van der Waals surface area contributed by atoms with Crippen molar-refractivity contribution in [2.75, 3.05) is 19.8 Å². The number of carbonyl (C=O) groups excluding carboxylic acids is 2. The van der Waals surface area contributed by atoms with Crippen LogP contribution >= 0.6 is 0 Å². The smallest absolute Gasteiger partial charge is 0.309 e. The third-order valence-electron chi connectivity index (χ3n) is 6.83. The molecule has 2 N–H and O–H groups in total. The Kier molecular flexibility index (Phi) is 6.02. The molecule has 0 aromatic heterocycles. The summed E-state index contributed by atoms with van der Waals surface area (Å²) in [7, 11) is -3.79. The summed E-state index contributed by atoms with van der Waals surface area (Å²) in [5, 5.41) is -0.811. The minimum atomic E-state index is -3.79. The number of imide groups is 1. The molecule has 5 atom stereocenters. The van der Waals surface area contributed by atoms with Crippen LogP contribution in [-0.2, 0) is 19.7 Å². The number of amides is 3. The lowest BCUT2D eigenvalue weighted by molar-refractivity contribution is -0.142. The molecular formula is C20H29FN4O5S. The molecule has 2 saturated carbocycles. The van der Waals surface area contributed by atoms with Crippen molar-refractivity contribution >= 4 is 22.0 Å². The van der Waals surface area contributed by atoms with Crippen molar-refractivity contribution in [2.24, 2.45) is 5.92 Å². The van der Waals surface area contributed by atoms with Crippen LogP contribution in [0.3, 0.4) is 0 Å². The van der Waals surface area contributed by atoms with Crippen molar-refractivity contribution < 1.29 is 27.2 Å². The van der Waals surface area contributed by atoms with E-state index < -0.39 is 51.4 Å². The topological polar surface area (TPSA) is 108 Å². The van der Waals surface area contributed by atoms with E-state index in [0.717, 1.165) is 4.90 Å². The first-order valence-electron chi connectivity index (χ1n) is 10.7. The summed E-state index contributed by atoms with van der Waals surface area (Å²) in [6.45, 7) is 1.33. The number of nitrogens with zero attached hydrogens (tertiary/aromatic N) is 2. The van der Waals surface area contributed by atoms with Gasteiger partial charge in [-0.05, 0) is 45.4 Å². The third-order valence-corrected chi connectivity index (χ3v) is 8.86. The molecule has 4 aliphatic rings. The summed E-state index contributed by atoms with van der Waals surface area (Å²) in [5.74, 6) is 1.41. The molecule has 3 amide bonds. The van der Waals surface area contributed by atoms with E-state index in [4.69, 9.17) is 11.3 Å². The highest BCUT2D eigenvalue weighted by Gasteiger charge is 2.53. The average molecular weight is 457 g/mol. The highest BCUT2D eigenvalue weighted by molar-refractivity contribution is 7.90. The lowest BCUT2D eigenvalue weighted by Gasteiger charge is -2.47. The van der Waals surface area contributed by atoms with Crippen LogP contribution in [-0.4, -0.2) is 78.9 Å². The maximum Gasteiger partial charge on any atom is 0.327 e. The van der Waals surface area contributed by atoms with Gasteiger partial charge in [0.25, 0.3) is 0 Å². The van der Waals surface area contributed by atoms with Crippen LogP contribution in [0, 0.1) is 18.3 Å². The molecule has 9 nitrogen and oxygen atoms in total. The number of nitrogens with one attached hydrogen (secondary N) is 2. The van der Waals surface area contributed by atoms with Crippen molar-refractivity contribution in [1.29, 1.82) is 0 Å². The number of hydroxylamine groups is 1. The maximum atomic E-state index is 13.3. The van der Waals surface area contributed by atoms with Gasteiger partial charge in [0.05, 0.1) is 35.9 Å². The molecule has 0 radical (unpaired) electrons. The van der Waals surface area contributed by atoms with Crippen molar-refractivity contribution in [3.63, 3.8) is 0 Å². The Morgan fingerprint density at radius 1 is 1.32 bits per heavy atom. The zero-order valence-electron chi connectivity index (χ0n) is 17.5. The number of urea groups is 1. The SMILES string of the molecule is C#CCN1C(=O)N(CC2CC(C)NO2)C(=O)C2CC(S(=O)(=O)NC3(CF)CC3)CCC21. The van der Waals surface area contributed by atoms with Gasteiger partial charge in [-0.15, -0.1) is 6.42 Å². The van der Waals surface area contributed by atoms with Crippen LogP contribution in [0.25, 0.3) is 0 Å². The fraction of sp³-hybridized carbons (Fsp3) is 0.800. The molecule has 2 saturated heterocycles. The summed E-state index contributed by atoms with van der Waals surface area (Å²) in [4.78, 5) is 34.4. The van der Waals surface area contributed by atoms with E-state index in [1.807, 2.05) is 6.92 Å². The number of sulfonamides is 1. The third kappa shape index (κ3) is 4.31. The van der Waals surface area contributed by atoms with Crippen LogP contribution in [0.1, 0.15) is 45.4 Å². The van der Waals surface area contributed by atoms with Gasteiger partial charge in [0.2, 0.25) is 15.9 Å². The maximum absolute atomic E-state index is 13.3. The predicted octanol–water partition coefficient (Wildman–Crippen LogP) is 0.525. The lowest BCUT2D eigenvalue weighted by Crippen LogP contribution is -2.65. The van der Waals surface area contributed by atoms with E-state index >= 15 is 0 Å². The number of hydrogen-bond donors (Lipinski definition) is 2. The van der Waals surface area contributed by atoms with Gasteiger partial charge >= 0.3 is 6.03 Å². The first-order valence-corrected chi connectivity index (χ1v) is 12.3. The fourth-order valence-electron chi connectivity index (χ4n) is 4.90. The number of alkyl halides is 1. The first-order chi connectivity index (χ1) is 14.7. The molecule has 31 heavy (non-hydrogen) atoms.